The molecule has 1 amide bonds. The van der Waals surface area contributed by atoms with E-state index in [0.29, 0.717) is 25.6 Å². The van der Waals surface area contributed by atoms with Gasteiger partial charge in [-0.15, -0.1) is 11.3 Å². The molecule has 0 aromatic carbocycles. The molecule has 1 aromatic rings. The molecule has 7 heteroatoms. The van der Waals surface area contributed by atoms with Crippen LogP contribution in [0.5, 0.6) is 0 Å². The Labute approximate surface area is 141 Å². The molecular weight excluding hydrogens is 312 g/mol. The number of thiophene rings is 1. The number of carbonyl (C=O) groups is 1. The van der Waals surface area contributed by atoms with Gasteiger partial charge in [0.05, 0.1) is 5.56 Å². The van der Waals surface area contributed by atoms with Gasteiger partial charge in [0.25, 0.3) is 5.91 Å². The number of aliphatic hydroxyl groups excluding tert-OH is 1. The Kier molecular flexibility index (Phi) is 4.64. The van der Waals surface area contributed by atoms with Gasteiger partial charge in [0.15, 0.2) is 0 Å². The van der Waals surface area contributed by atoms with Crippen molar-refractivity contribution in [3.05, 3.63) is 16.0 Å². The summed E-state index contributed by atoms with van der Waals surface area (Å²) in [5.41, 5.74) is 7.32. The van der Waals surface area contributed by atoms with E-state index in [9.17, 15) is 9.90 Å². The van der Waals surface area contributed by atoms with E-state index in [-0.39, 0.29) is 11.9 Å². The Morgan fingerprint density at radius 1 is 1.48 bits per heavy atom. The molecule has 2 heterocycles. The molecule has 1 fully saturated rings. The van der Waals surface area contributed by atoms with Gasteiger partial charge in [0.1, 0.15) is 5.00 Å². The molecule has 0 saturated heterocycles. The lowest BCUT2D eigenvalue weighted by Crippen LogP contribution is -2.56. The van der Waals surface area contributed by atoms with E-state index in [4.69, 9.17) is 5.73 Å². The van der Waals surface area contributed by atoms with E-state index in [0.717, 1.165) is 34.0 Å². The van der Waals surface area contributed by atoms with Gasteiger partial charge in [-0.3, -0.25) is 9.69 Å². The fraction of sp³-hybridized carbons (Fsp3) is 0.688. The van der Waals surface area contributed by atoms with E-state index >= 15 is 0 Å². The summed E-state index contributed by atoms with van der Waals surface area (Å²) in [4.78, 5) is 17.7. The molecule has 1 saturated carbocycles. The van der Waals surface area contributed by atoms with Crippen molar-refractivity contribution in [2.45, 2.75) is 46.1 Å². The zero-order valence-electron chi connectivity index (χ0n) is 14.0. The number of nitrogens with two attached hydrogens (primary N) is 1. The largest absolute Gasteiger partial charge is 0.356 e. The van der Waals surface area contributed by atoms with Gasteiger partial charge in [-0.05, 0) is 31.7 Å². The van der Waals surface area contributed by atoms with Crippen LogP contribution in [0.25, 0.3) is 0 Å². The van der Waals surface area contributed by atoms with Crippen molar-refractivity contribution >= 4 is 22.2 Å². The average Bonchev–Trinajstić information content (AvgIpc) is 3.12. The van der Waals surface area contributed by atoms with Gasteiger partial charge in [-0.1, -0.05) is 6.92 Å². The summed E-state index contributed by atoms with van der Waals surface area (Å²) in [7, 11) is 0. The van der Waals surface area contributed by atoms with Crippen molar-refractivity contribution in [2.75, 3.05) is 24.5 Å². The third-order valence-corrected chi connectivity index (χ3v) is 6.16. The maximum atomic E-state index is 13.0. The predicted octanol–water partition coefficient (Wildman–Crippen LogP) is 1.07. The smallest absolute Gasteiger partial charge is 0.260 e. The molecule has 1 aromatic heterocycles. The minimum atomic E-state index is -0.849. The second kappa shape index (κ2) is 6.39. The van der Waals surface area contributed by atoms with Crippen molar-refractivity contribution in [3.8, 4) is 0 Å². The van der Waals surface area contributed by atoms with Crippen LogP contribution in [-0.4, -0.2) is 47.9 Å². The number of amides is 1. The Balaban J connectivity index is 1.95. The van der Waals surface area contributed by atoms with E-state index < -0.39 is 6.35 Å². The molecule has 0 radical (unpaired) electrons. The van der Waals surface area contributed by atoms with Gasteiger partial charge in [-0.25, -0.2) is 0 Å². The monoisotopic (exact) mass is 338 g/mol. The zero-order chi connectivity index (χ0) is 16.7. The van der Waals surface area contributed by atoms with Crippen LogP contribution in [0.1, 0.15) is 41.1 Å². The van der Waals surface area contributed by atoms with E-state index in [1.165, 1.54) is 0 Å². The number of fused-ring (bicyclic) bond motifs is 1. The van der Waals surface area contributed by atoms with Crippen LogP contribution in [0.3, 0.4) is 0 Å². The van der Waals surface area contributed by atoms with Crippen molar-refractivity contribution in [3.63, 3.8) is 0 Å². The second-order valence-electron chi connectivity index (χ2n) is 6.42. The van der Waals surface area contributed by atoms with Crippen molar-refractivity contribution in [1.29, 1.82) is 0 Å². The third-order valence-electron chi connectivity index (χ3n) is 4.84. The maximum absolute atomic E-state index is 13.0. The van der Waals surface area contributed by atoms with Crippen LogP contribution in [0.2, 0.25) is 0 Å². The first-order valence-electron chi connectivity index (χ1n) is 8.31. The maximum Gasteiger partial charge on any atom is 0.260 e. The summed E-state index contributed by atoms with van der Waals surface area (Å²) in [6.45, 7) is 8.87. The van der Waals surface area contributed by atoms with Crippen LogP contribution in [0.15, 0.2) is 0 Å². The van der Waals surface area contributed by atoms with Crippen LogP contribution in [-0.2, 0) is 6.54 Å². The summed E-state index contributed by atoms with van der Waals surface area (Å²) in [5, 5.41) is 14.9. The average molecular weight is 338 g/mol. The highest BCUT2D eigenvalue weighted by Gasteiger charge is 2.49. The molecule has 128 valence electrons. The molecule has 0 bridgehead atoms. The Hall–Kier alpha value is -1.15. The fourth-order valence-corrected chi connectivity index (χ4v) is 4.62. The van der Waals surface area contributed by atoms with Crippen LogP contribution in [0, 0.1) is 12.8 Å². The molecule has 1 aliphatic carbocycles. The van der Waals surface area contributed by atoms with Crippen molar-refractivity contribution in [2.24, 2.45) is 11.7 Å². The molecule has 4 N–H and O–H groups in total. The first-order valence-corrected chi connectivity index (χ1v) is 9.13. The van der Waals surface area contributed by atoms with Crippen LogP contribution < -0.4 is 16.0 Å². The van der Waals surface area contributed by atoms with Crippen molar-refractivity contribution < 1.29 is 9.90 Å². The van der Waals surface area contributed by atoms with Crippen LogP contribution in [0.4, 0.5) is 5.00 Å². The lowest BCUT2D eigenvalue weighted by molar-refractivity contribution is -0.00321. The first kappa shape index (κ1) is 16.7. The van der Waals surface area contributed by atoms with Crippen molar-refractivity contribution in [1.82, 2.24) is 10.2 Å². The fourth-order valence-electron chi connectivity index (χ4n) is 3.28. The number of carbonyl (C=O) groups excluding carboxylic acids is 1. The van der Waals surface area contributed by atoms with E-state index in [2.05, 4.69) is 12.2 Å². The van der Waals surface area contributed by atoms with Gasteiger partial charge in [-0.2, -0.15) is 0 Å². The van der Waals surface area contributed by atoms with Gasteiger partial charge < -0.3 is 21.1 Å². The number of anilines is 1. The SMILES string of the molecule is CCN1c2sc(CNCCN)c(C)c2C(=O)N(C2CC2C)C1O. The lowest BCUT2D eigenvalue weighted by Gasteiger charge is -2.41. The third kappa shape index (κ3) is 2.76. The number of nitrogens with one attached hydrogen (secondary N) is 1. The molecule has 1 aliphatic heterocycles. The summed E-state index contributed by atoms with van der Waals surface area (Å²) < 4.78 is 0. The lowest BCUT2D eigenvalue weighted by atomic mass is 10.1. The van der Waals surface area contributed by atoms with Gasteiger partial charge in [0.2, 0.25) is 6.35 Å². The number of rotatable bonds is 6. The zero-order valence-corrected chi connectivity index (χ0v) is 14.8. The number of hydrogen-bond acceptors (Lipinski definition) is 6. The molecule has 3 rings (SSSR count). The Bertz CT molecular complexity index is 603. The van der Waals surface area contributed by atoms with E-state index in [1.54, 1.807) is 16.2 Å². The summed E-state index contributed by atoms with van der Waals surface area (Å²) in [5.74, 6) is 0.448. The van der Waals surface area contributed by atoms with Gasteiger partial charge in [0, 0.05) is 37.1 Å². The predicted molar refractivity (Wildman–Crippen MR) is 92.6 cm³/mol. The minimum Gasteiger partial charge on any atom is -0.356 e. The Morgan fingerprint density at radius 2 is 2.17 bits per heavy atom. The molecular formula is C16H26N4O2S. The molecule has 3 unspecified atom stereocenters. The molecule has 2 aliphatic rings. The standard InChI is InChI=1S/C16H26N4O2S/c1-4-19-15-13(10(3)12(23-15)8-18-6-5-17)14(21)20(16(19)22)11-7-9(11)2/h9,11,16,18,22H,4-8,17H2,1-3H3. The number of aliphatic hydroxyl groups is 1. The number of nitrogens with zero attached hydrogens (tertiary/aromatic N) is 2. The highest BCUT2D eigenvalue weighted by molar-refractivity contribution is 7.16. The molecule has 3 atom stereocenters. The summed E-state index contributed by atoms with van der Waals surface area (Å²) in [6.07, 6.45) is 0.127. The highest BCUT2D eigenvalue weighted by Crippen LogP contribution is 2.45. The highest BCUT2D eigenvalue weighted by atomic mass is 32.1. The summed E-state index contributed by atoms with van der Waals surface area (Å²) in [6, 6.07) is 0.165. The minimum absolute atomic E-state index is 0.0228. The van der Waals surface area contributed by atoms with Gasteiger partial charge >= 0.3 is 0 Å². The first-order chi connectivity index (χ1) is 11.0. The second-order valence-corrected chi connectivity index (χ2v) is 7.50. The van der Waals surface area contributed by atoms with E-state index in [1.807, 2.05) is 18.7 Å². The molecule has 6 nitrogen and oxygen atoms in total. The molecule has 0 spiro atoms. The summed E-state index contributed by atoms with van der Waals surface area (Å²) >= 11 is 1.60. The normalized spacial score (nSPS) is 26.7. The van der Waals surface area contributed by atoms with Crippen LogP contribution >= 0.6 is 11.3 Å². The topological polar surface area (TPSA) is 81.8 Å². The Morgan fingerprint density at radius 3 is 2.74 bits per heavy atom. The number of hydrogen-bond donors (Lipinski definition) is 3. The molecule has 23 heavy (non-hydrogen) atoms. The quantitative estimate of drug-likeness (QED) is 0.676.